The molecule has 9 heteroatoms. The van der Waals surface area contributed by atoms with Gasteiger partial charge >= 0.3 is 0 Å². The summed E-state index contributed by atoms with van der Waals surface area (Å²) < 4.78 is 0. The molecule has 0 unspecified atom stereocenters. The third kappa shape index (κ3) is 2.50. The number of rotatable bonds is 4. The number of nitrogens with zero attached hydrogens (tertiary/aromatic N) is 1. The number of aliphatic hydroxyl groups is 1. The van der Waals surface area contributed by atoms with E-state index in [1.54, 1.807) is 12.1 Å². The summed E-state index contributed by atoms with van der Waals surface area (Å²) in [5, 5.41) is 22.6. The third-order valence-corrected chi connectivity index (χ3v) is 4.06. The van der Waals surface area contributed by atoms with Gasteiger partial charge < -0.3 is 16.2 Å². The molecule has 0 fully saturated rings. The first-order valence-corrected chi connectivity index (χ1v) is 7.56. The molecular formula is C17H13N3O6. The normalized spacial score (nSPS) is 12.3. The lowest BCUT2D eigenvalue weighted by molar-refractivity contribution is -0.385. The number of nitrogens with two attached hydrogens (primary N) is 1. The van der Waals surface area contributed by atoms with E-state index in [2.05, 4.69) is 5.32 Å². The van der Waals surface area contributed by atoms with Crippen molar-refractivity contribution >= 4 is 28.8 Å². The van der Waals surface area contributed by atoms with Gasteiger partial charge in [-0.15, -0.1) is 0 Å². The van der Waals surface area contributed by atoms with Crippen molar-refractivity contribution in [1.29, 1.82) is 0 Å². The number of anilines is 1. The van der Waals surface area contributed by atoms with Gasteiger partial charge in [-0.3, -0.25) is 24.5 Å². The van der Waals surface area contributed by atoms with Gasteiger partial charge in [-0.25, -0.2) is 0 Å². The van der Waals surface area contributed by atoms with E-state index in [-0.39, 0.29) is 41.1 Å². The molecule has 1 amide bonds. The number of amides is 1. The number of nitrogens with one attached hydrogen (secondary N) is 1. The van der Waals surface area contributed by atoms with E-state index >= 15 is 0 Å². The lowest BCUT2D eigenvalue weighted by Gasteiger charge is -2.20. The molecule has 9 nitrogen and oxygen atoms in total. The molecule has 0 bridgehead atoms. The van der Waals surface area contributed by atoms with Crippen LogP contribution in [-0.4, -0.2) is 40.7 Å². The monoisotopic (exact) mass is 355 g/mol. The number of nitro benzene ring substituents is 1. The fourth-order valence-corrected chi connectivity index (χ4v) is 2.89. The highest BCUT2D eigenvalue weighted by molar-refractivity contribution is 6.32. The highest BCUT2D eigenvalue weighted by atomic mass is 16.6. The number of nitro groups is 1. The van der Waals surface area contributed by atoms with E-state index in [0.717, 1.165) is 6.07 Å². The molecule has 2 aromatic carbocycles. The van der Waals surface area contributed by atoms with E-state index in [4.69, 9.17) is 10.8 Å². The summed E-state index contributed by atoms with van der Waals surface area (Å²) in [6.07, 6.45) is 0. The quantitative estimate of drug-likeness (QED) is 0.353. The summed E-state index contributed by atoms with van der Waals surface area (Å²) in [5.74, 6) is -2.15. The number of hydrogen-bond acceptors (Lipinski definition) is 7. The Bertz CT molecular complexity index is 983. The van der Waals surface area contributed by atoms with Crippen LogP contribution in [0.4, 0.5) is 11.4 Å². The topological polar surface area (TPSA) is 153 Å². The third-order valence-electron chi connectivity index (χ3n) is 4.06. The first kappa shape index (κ1) is 17.2. The summed E-state index contributed by atoms with van der Waals surface area (Å²) in [6.45, 7) is -0.442. The van der Waals surface area contributed by atoms with Gasteiger partial charge in [-0.1, -0.05) is 24.3 Å². The fraction of sp³-hybridized carbons (Fsp3) is 0.118. The molecule has 0 saturated heterocycles. The van der Waals surface area contributed by atoms with Crippen LogP contribution in [0, 0.1) is 10.1 Å². The Labute approximate surface area is 146 Å². The number of nitrogen functional groups attached to an aromatic ring is 1. The van der Waals surface area contributed by atoms with Crippen LogP contribution in [-0.2, 0) is 0 Å². The maximum Gasteiger partial charge on any atom is 0.282 e. The number of carbonyl (C=O) groups is 3. The molecule has 0 aromatic heterocycles. The largest absolute Gasteiger partial charge is 0.397 e. The molecule has 3 rings (SSSR count). The van der Waals surface area contributed by atoms with E-state index in [1.807, 2.05) is 0 Å². The average Bonchev–Trinajstić information content (AvgIpc) is 2.63. The van der Waals surface area contributed by atoms with Gasteiger partial charge in [0, 0.05) is 23.7 Å². The van der Waals surface area contributed by atoms with Gasteiger partial charge in [0.1, 0.15) is 5.56 Å². The zero-order valence-corrected chi connectivity index (χ0v) is 13.3. The lowest BCUT2D eigenvalue weighted by atomic mass is 9.81. The van der Waals surface area contributed by atoms with Gasteiger partial charge in [0.15, 0.2) is 5.78 Å². The molecule has 132 valence electrons. The second-order valence-electron chi connectivity index (χ2n) is 5.55. The first-order chi connectivity index (χ1) is 12.4. The van der Waals surface area contributed by atoms with E-state index in [1.165, 1.54) is 12.1 Å². The minimum atomic E-state index is -0.833. The highest BCUT2D eigenvalue weighted by Gasteiger charge is 2.39. The number of hydrogen-bond donors (Lipinski definition) is 3. The molecule has 0 radical (unpaired) electrons. The van der Waals surface area contributed by atoms with Crippen LogP contribution < -0.4 is 11.1 Å². The second kappa shape index (κ2) is 6.37. The van der Waals surface area contributed by atoms with Crippen LogP contribution >= 0.6 is 0 Å². The van der Waals surface area contributed by atoms with Crippen molar-refractivity contribution in [3.8, 4) is 0 Å². The van der Waals surface area contributed by atoms with Crippen molar-refractivity contribution in [2.45, 2.75) is 0 Å². The van der Waals surface area contributed by atoms with Crippen molar-refractivity contribution in [2.24, 2.45) is 0 Å². The molecule has 0 saturated carbocycles. The first-order valence-electron chi connectivity index (χ1n) is 7.56. The van der Waals surface area contributed by atoms with Crippen molar-refractivity contribution < 1.29 is 24.4 Å². The van der Waals surface area contributed by atoms with Crippen LogP contribution in [0.25, 0.3) is 0 Å². The van der Waals surface area contributed by atoms with Crippen molar-refractivity contribution in [3.05, 3.63) is 68.3 Å². The Balaban J connectivity index is 2.30. The summed E-state index contributed by atoms with van der Waals surface area (Å²) in [6, 6.07) is 6.79. The Morgan fingerprint density at radius 1 is 1.15 bits per heavy atom. The van der Waals surface area contributed by atoms with Crippen LogP contribution in [0.5, 0.6) is 0 Å². The molecule has 2 aromatic rings. The molecule has 4 N–H and O–H groups in total. The highest BCUT2D eigenvalue weighted by Crippen LogP contribution is 2.38. The standard InChI is InChI=1S/C17H13N3O6/c18-14-10(17(24)19-5-6-21)7-11(20(25)26)12-13(14)16(23)9-4-2-1-3-8(9)15(12)22/h1-4,7,21H,5-6,18H2,(H,19,24). The molecule has 26 heavy (non-hydrogen) atoms. The summed E-state index contributed by atoms with van der Waals surface area (Å²) in [7, 11) is 0. The van der Waals surface area contributed by atoms with Crippen molar-refractivity contribution in [3.63, 3.8) is 0 Å². The van der Waals surface area contributed by atoms with Crippen molar-refractivity contribution in [1.82, 2.24) is 5.32 Å². The van der Waals surface area contributed by atoms with E-state index < -0.39 is 33.6 Å². The minimum absolute atomic E-state index is 0.0463. The zero-order chi connectivity index (χ0) is 19.0. The average molecular weight is 355 g/mol. The summed E-state index contributed by atoms with van der Waals surface area (Å²) in [4.78, 5) is 48.4. The van der Waals surface area contributed by atoms with Gasteiger partial charge in [-0.2, -0.15) is 0 Å². The predicted octanol–water partition coefficient (Wildman–Crippen LogP) is 0.675. The zero-order valence-electron chi connectivity index (χ0n) is 13.3. The summed E-state index contributed by atoms with van der Waals surface area (Å²) in [5.41, 5.74) is 4.00. The smallest absolute Gasteiger partial charge is 0.282 e. The maximum absolute atomic E-state index is 12.8. The lowest BCUT2D eigenvalue weighted by Crippen LogP contribution is -2.30. The maximum atomic E-state index is 12.8. The molecule has 0 spiro atoms. The van der Waals surface area contributed by atoms with Gasteiger partial charge in [0.2, 0.25) is 5.78 Å². The number of carbonyl (C=O) groups excluding carboxylic acids is 3. The molecule has 0 heterocycles. The van der Waals surface area contributed by atoms with Gasteiger partial charge in [0.05, 0.1) is 28.3 Å². The van der Waals surface area contributed by atoms with E-state index in [9.17, 15) is 24.5 Å². The molecular weight excluding hydrogens is 342 g/mol. The molecule has 1 aliphatic rings. The number of fused-ring (bicyclic) bond motifs is 2. The van der Waals surface area contributed by atoms with Crippen LogP contribution in [0.3, 0.4) is 0 Å². The number of benzene rings is 2. The van der Waals surface area contributed by atoms with E-state index in [0.29, 0.717) is 0 Å². The molecule has 1 aliphatic carbocycles. The molecule has 0 aliphatic heterocycles. The van der Waals surface area contributed by atoms with Crippen LogP contribution in [0.1, 0.15) is 42.2 Å². The fourth-order valence-electron chi connectivity index (χ4n) is 2.89. The van der Waals surface area contributed by atoms with Crippen LogP contribution in [0.2, 0.25) is 0 Å². The van der Waals surface area contributed by atoms with Crippen molar-refractivity contribution in [2.75, 3.05) is 18.9 Å². The predicted molar refractivity (Wildman–Crippen MR) is 90.2 cm³/mol. The Morgan fingerprint density at radius 2 is 1.73 bits per heavy atom. The second-order valence-corrected chi connectivity index (χ2v) is 5.55. The molecule has 0 atom stereocenters. The number of ketones is 2. The Kier molecular flexibility index (Phi) is 4.23. The number of aliphatic hydroxyl groups excluding tert-OH is 1. The van der Waals surface area contributed by atoms with Gasteiger partial charge in [0.25, 0.3) is 11.6 Å². The Morgan fingerprint density at radius 3 is 2.27 bits per heavy atom. The summed E-state index contributed by atoms with van der Waals surface area (Å²) >= 11 is 0. The SMILES string of the molecule is Nc1c(C(=O)NCCO)cc([N+](=O)[O-])c2c1C(=O)c1ccccc1C2=O. The van der Waals surface area contributed by atoms with Gasteiger partial charge in [-0.05, 0) is 0 Å². The minimum Gasteiger partial charge on any atom is -0.397 e. The Hall–Kier alpha value is -3.59. The van der Waals surface area contributed by atoms with Crippen LogP contribution in [0.15, 0.2) is 30.3 Å².